The maximum Gasteiger partial charge on any atom is 0.320 e. The first-order valence-electron chi connectivity index (χ1n) is 7.44. The van der Waals surface area contributed by atoms with Gasteiger partial charge in [0.05, 0.1) is 0 Å². The molecule has 20 heavy (non-hydrogen) atoms. The van der Waals surface area contributed by atoms with Crippen LogP contribution in [0.1, 0.15) is 25.3 Å². The van der Waals surface area contributed by atoms with Crippen LogP contribution in [0.3, 0.4) is 0 Å². The van der Waals surface area contributed by atoms with Crippen LogP contribution in [-0.4, -0.2) is 53.1 Å². The lowest BCUT2D eigenvalue weighted by Gasteiger charge is -2.26. The van der Waals surface area contributed by atoms with Crippen LogP contribution in [-0.2, 0) is 11.3 Å². The molecule has 1 heterocycles. The molecule has 1 fully saturated rings. The fourth-order valence-corrected chi connectivity index (χ4v) is 2.89. The number of nitrogens with zero attached hydrogens (tertiary/aromatic N) is 2. The average Bonchev–Trinajstić information content (AvgIpc) is 2.66. The first-order chi connectivity index (χ1) is 9.70. The zero-order chi connectivity index (χ0) is 14.4. The van der Waals surface area contributed by atoms with Gasteiger partial charge in [-0.3, -0.25) is 14.6 Å². The molecule has 0 amide bonds. The van der Waals surface area contributed by atoms with Gasteiger partial charge >= 0.3 is 5.97 Å². The number of carboxylic acid groups (broad SMARTS) is 1. The summed E-state index contributed by atoms with van der Waals surface area (Å²) in [6.45, 7) is 6.62. The van der Waals surface area contributed by atoms with Gasteiger partial charge in [-0.1, -0.05) is 37.3 Å². The minimum Gasteiger partial charge on any atom is -0.480 e. The van der Waals surface area contributed by atoms with Crippen molar-refractivity contribution < 1.29 is 9.90 Å². The molecule has 4 heteroatoms. The standard InChI is InChI=1S/C16H24N2O2/c1-2-15(16(19)20)18-10-6-9-17(11-12-18)13-14-7-4-3-5-8-14/h3-5,7-8,15H,2,6,9-13H2,1H3,(H,19,20)/t15-/m0/s1. The van der Waals surface area contributed by atoms with Crippen LogP contribution < -0.4 is 0 Å². The van der Waals surface area contributed by atoms with Crippen LogP contribution in [0.25, 0.3) is 0 Å². The second kappa shape index (κ2) is 7.41. The third kappa shape index (κ3) is 4.05. The molecule has 0 saturated carbocycles. The number of carboxylic acids is 1. The largest absolute Gasteiger partial charge is 0.480 e. The van der Waals surface area contributed by atoms with Crippen LogP contribution in [0.5, 0.6) is 0 Å². The Bertz CT molecular complexity index is 422. The van der Waals surface area contributed by atoms with Crippen LogP contribution in [0, 0.1) is 0 Å². The van der Waals surface area contributed by atoms with Gasteiger partial charge in [0.2, 0.25) is 0 Å². The molecular formula is C16H24N2O2. The summed E-state index contributed by atoms with van der Waals surface area (Å²) in [7, 11) is 0. The Kier molecular flexibility index (Phi) is 5.56. The lowest BCUT2D eigenvalue weighted by molar-refractivity contribution is -0.143. The van der Waals surface area contributed by atoms with E-state index in [1.807, 2.05) is 13.0 Å². The quantitative estimate of drug-likeness (QED) is 0.894. The highest BCUT2D eigenvalue weighted by Crippen LogP contribution is 2.12. The van der Waals surface area contributed by atoms with E-state index in [4.69, 9.17) is 0 Å². The Morgan fingerprint density at radius 3 is 2.60 bits per heavy atom. The Hall–Kier alpha value is -1.39. The molecule has 0 bridgehead atoms. The Morgan fingerprint density at radius 1 is 1.20 bits per heavy atom. The Balaban J connectivity index is 1.90. The summed E-state index contributed by atoms with van der Waals surface area (Å²) < 4.78 is 0. The Labute approximate surface area is 121 Å². The number of rotatable bonds is 5. The molecule has 1 aromatic carbocycles. The number of aliphatic carboxylic acids is 1. The van der Waals surface area contributed by atoms with Crippen molar-refractivity contribution in [3.05, 3.63) is 35.9 Å². The Morgan fingerprint density at radius 2 is 1.95 bits per heavy atom. The highest BCUT2D eigenvalue weighted by molar-refractivity contribution is 5.73. The average molecular weight is 276 g/mol. The molecule has 1 saturated heterocycles. The van der Waals surface area contributed by atoms with Crippen molar-refractivity contribution in [2.45, 2.75) is 32.4 Å². The summed E-state index contributed by atoms with van der Waals surface area (Å²) in [5.41, 5.74) is 1.33. The fourth-order valence-electron chi connectivity index (χ4n) is 2.89. The highest BCUT2D eigenvalue weighted by Gasteiger charge is 2.25. The van der Waals surface area contributed by atoms with E-state index in [0.717, 1.165) is 39.1 Å². The lowest BCUT2D eigenvalue weighted by atomic mass is 10.2. The van der Waals surface area contributed by atoms with E-state index in [9.17, 15) is 9.90 Å². The molecule has 110 valence electrons. The summed E-state index contributed by atoms with van der Waals surface area (Å²) in [6.07, 6.45) is 1.71. The SMILES string of the molecule is CC[C@@H](C(=O)O)N1CCCN(Cc2ccccc2)CC1. The summed E-state index contributed by atoms with van der Waals surface area (Å²) in [5, 5.41) is 9.26. The molecule has 1 aromatic rings. The van der Waals surface area contributed by atoms with Crippen molar-refractivity contribution in [3.8, 4) is 0 Å². The molecule has 1 aliphatic rings. The molecule has 0 aromatic heterocycles. The second-order valence-electron chi connectivity index (χ2n) is 5.41. The summed E-state index contributed by atoms with van der Waals surface area (Å²) in [6, 6.07) is 10.1. The van der Waals surface area contributed by atoms with Gasteiger partial charge < -0.3 is 5.11 Å². The van der Waals surface area contributed by atoms with Crippen molar-refractivity contribution in [2.24, 2.45) is 0 Å². The molecule has 4 nitrogen and oxygen atoms in total. The highest BCUT2D eigenvalue weighted by atomic mass is 16.4. The number of hydrogen-bond donors (Lipinski definition) is 1. The maximum atomic E-state index is 11.3. The normalized spacial score (nSPS) is 19.4. The third-order valence-corrected chi connectivity index (χ3v) is 3.98. The monoisotopic (exact) mass is 276 g/mol. The summed E-state index contributed by atoms with van der Waals surface area (Å²) >= 11 is 0. The van der Waals surface area contributed by atoms with Crippen molar-refractivity contribution >= 4 is 5.97 Å². The molecular weight excluding hydrogens is 252 g/mol. The van der Waals surface area contributed by atoms with Gasteiger partial charge in [0, 0.05) is 26.2 Å². The molecule has 0 unspecified atom stereocenters. The summed E-state index contributed by atoms with van der Waals surface area (Å²) in [5.74, 6) is -0.691. The molecule has 0 spiro atoms. The number of hydrogen-bond acceptors (Lipinski definition) is 3. The molecule has 2 rings (SSSR count). The molecule has 1 atom stereocenters. The van der Waals surface area contributed by atoms with Crippen molar-refractivity contribution in [1.82, 2.24) is 9.80 Å². The fraction of sp³-hybridized carbons (Fsp3) is 0.562. The van der Waals surface area contributed by atoms with E-state index < -0.39 is 5.97 Å². The van der Waals surface area contributed by atoms with Gasteiger partial charge in [-0.15, -0.1) is 0 Å². The minimum atomic E-state index is -0.691. The maximum absolute atomic E-state index is 11.3. The van der Waals surface area contributed by atoms with Gasteiger partial charge in [0.25, 0.3) is 0 Å². The molecule has 0 radical (unpaired) electrons. The van der Waals surface area contributed by atoms with Gasteiger partial charge in [-0.25, -0.2) is 0 Å². The zero-order valence-corrected chi connectivity index (χ0v) is 12.2. The van der Waals surface area contributed by atoms with E-state index in [2.05, 4.69) is 34.1 Å². The van der Waals surface area contributed by atoms with Crippen molar-refractivity contribution in [3.63, 3.8) is 0 Å². The van der Waals surface area contributed by atoms with Gasteiger partial charge in [-0.05, 0) is 24.9 Å². The van der Waals surface area contributed by atoms with Crippen LogP contribution in [0.2, 0.25) is 0 Å². The smallest absolute Gasteiger partial charge is 0.320 e. The topological polar surface area (TPSA) is 43.8 Å². The van der Waals surface area contributed by atoms with E-state index in [1.54, 1.807) is 0 Å². The van der Waals surface area contributed by atoms with Gasteiger partial charge in [0.1, 0.15) is 6.04 Å². The molecule has 0 aliphatic carbocycles. The molecule has 1 N–H and O–H groups in total. The van der Waals surface area contributed by atoms with E-state index in [0.29, 0.717) is 6.42 Å². The van der Waals surface area contributed by atoms with E-state index in [1.165, 1.54) is 5.56 Å². The minimum absolute atomic E-state index is 0.327. The van der Waals surface area contributed by atoms with E-state index >= 15 is 0 Å². The van der Waals surface area contributed by atoms with Crippen LogP contribution >= 0.6 is 0 Å². The predicted molar refractivity (Wildman–Crippen MR) is 79.6 cm³/mol. The van der Waals surface area contributed by atoms with E-state index in [-0.39, 0.29) is 6.04 Å². The number of benzene rings is 1. The second-order valence-corrected chi connectivity index (χ2v) is 5.41. The van der Waals surface area contributed by atoms with Gasteiger partial charge in [0.15, 0.2) is 0 Å². The van der Waals surface area contributed by atoms with Crippen LogP contribution in [0.4, 0.5) is 0 Å². The summed E-state index contributed by atoms with van der Waals surface area (Å²) in [4.78, 5) is 15.8. The third-order valence-electron chi connectivity index (χ3n) is 3.98. The first-order valence-corrected chi connectivity index (χ1v) is 7.44. The van der Waals surface area contributed by atoms with Crippen LogP contribution in [0.15, 0.2) is 30.3 Å². The number of carbonyl (C=O) groups is 1. The van der Waals surface area contributed by atoms with Crippen molar-refractivity contribution in [2.75, 3.05) is 26.2 Å². The predicted octanol–water partition coefficient (Wildman–Crippen LogP) is 2.06. The first kappa shape index (κ1) is 15.0. The molecule has 1 aliphatic heterocycles. The van der Waals surface area contributed by atoms with Gasteiger partial charge in [-0.2, -0.15) is 0 Å². The van der Waals surface area contributed by atoms with Crippen molar-refractivity contribution in [1.29, 1.82) is 0 Å². The lowest BCUT2D eigenvalue weighted by Crippen LogP contribution is -2.42. The zero-order valence-electron chi connectivity index (χ0n) is 12.2.